The smallest absolute Gasteiger partial charge is 0.230 e. The van der Waals surface area contributed by atoms with Crippen LogP contribution in [0.2, 0.25) is 0 Å². The first-order valence-electron chi connectivity index (χ1n) is 9.80. The summed E-state index contributed by atoms with van der Waals surface area (Å²) in [4.78, 5) is 12.4. The van der Waals surface area contributed by atoms with Gasteiger partial charge in [0.25, 0.3) is 0 Å². The van der Waals surface area contributed by atoms with E-state index < -0.39 is 0 Å². The van der Waals surface area contributed by atoms with Crippen LogP contribution in [0.25, 0.3) is 5.69 Å². The topological polar surface area (TPSA) is 78.3 Å². The highest BCUT2D eigenvalue weighted by atomic mass is 32.2. The molecule has 1 saturated carbocycles. The predicted molar refractivity (Wildman–Crippen MR) is 115 cm³/mol. The van der Waals surface area contributed by atoms with Crippen LogP contribution in [0.3, 0.4) is 0 Å². The van der Waals surface area contributed by atoms with Gasteiger partial charge in [-0.25, -0.2) is 0 Å². The average molecular weight is 425 g/mol. The molecule has 0 aliphatic heterocycles. The van der Waals surface area contributed by atoms with Crippen LogP contribution in [0, 0.1) is 0 Å². The highest BCUT2D eigenvalue weighted by molar-refractivity contribution is 7.99. The molecular weight excluding hydrogens is 400 g/mol. The number of rotatable bonds is 9. The Hall–Kier alpha value is -3.00. The third-order valence-corrected chi connectivity index (χ3v) is 5.81. The van der Waals surface area contributed by atoms with Gasteiger partial charge in [-0.2, -0.15) is 0 Å². The molecule has 0 atom stereocenters. The van der Waals surface area contributed by atoms with Gasteiger partial charge in [0.05, 0.1) is 20.0 Å². The van der Waals surface area contributed by atoms with E-state index in [0.29, 0.717) is 24.0 Å². The van der Waals surface area contributed by atoms with Gasteiger partial charge in [-0.1, -0.05) is 36.0 Å². The first-order chi connectivity index (χ1) is 14.7. The molecule has 0 saturated heterocycles. The summed E-state index contributed by atoms with van der Waals surface area (Å²) in [5, 5.41) is 12.4. The van der Waals surface area contributed by atoms with Gasteiger partial charge in [-0.05, 0) is 42.7 Å². The number of hydrogen-bond acceptors (Lipinski definition) is 6. The number of nitrogens with one attached hydrogen (secondary N) is 1. The van der Waals surface area contributed by atoms with Crippen molar-refractivity contribution in [1.82, 2.24) is 20.1 Å². The summed E-state index contributed by atoms with van der Waals surface area (Å²) in [6, 6.07) is 15.7. The van der Waals surface area contributed by atoms with E-state index in [1.165, 1.54) is 11.8 Å². The maximum Gasteiger partial charge on any atom is 0.230 e. The van der Waals surface area contributed by atoms with Crippen molar-refractivity contribution in [2.24, 2.45) is 0 Å². The molecule has 1 aromatic heterocycles. The maximum absolute atomic E-state index is 12.4. The zero-order chi connectivity index (χ0) is 20.9. The van der Waals surface area contributed by atoms with Gasteiger partial charge in [-0.15, -0.1) is 10.2 Å². The van der Waals surface area contributed by atoms with E-state index in [-0.39, 0.29) is 11.7 Å². The molecule has 4 rings (SSSR count). The number of hydrogen-bond donors (Lipinski definition) is 1. The monoisotopic (exact) mass is 424 g/mol. The molecule has 0 bridgehead atoms. The summed E-state index contributed by atoms with van der Waals surface area (Å²) < 4.78 is 12.6. The van der Waals surface area contributed by atoms with E-state index in [0.717, 1.165) is 35.1 Å². The van der Waals surface area contributed by atoms with Crippen molar-refractivity contribution in [1.29, 1.82) is 0 Å². The van der Waals surface area contributed by atoms with Gasteiger partial charge in [0.15, 0.2) is 16.7 Å². The lowest BCUT2D eigenvalue weighted by Crippen LogP contribution is -2.24. The molecule has 1 N–H and O–H groups in total. The minimum absolute atomic E-state index is 0.0645. The maximum atomic E-state index is 12.4. The highest BCUT2D eigenvalue weighted by Gasteiger charge is 2.31. The van der Waals surface area contributed by atoms with Crippen molar-refractivity contribution < 1.29 is 14.3 Å². The van der Waals surface area contributed by atoms with Crippen molar-refractivity contribution in [3.63, 3.8) is 0 Å². The number of benzene rings is 2. The van der Waals surface area contributed by atoms with Gasteiger partial charge in [0, 0.05) is 18.2 Å². The third kappa shape index (κ3) is 4.59. The summed E-state index contributed by atoms with van der Waals surface area (Å²) >= 11 is 1.40. The number of para-hydroxylation sites is 1. The lowest BCUT2D eigenvalue weighted by atomic mass is 10.2. The summed E-state index contributed by atoms with van der Waals surface area (Å²) in [7, 11) is 3.19. The van der Waals surface area contributed by atoms with Crippen LogP contribution in [0.1, 0.15) is 30.1 Å². The second-order valence-electron chi connectivity index (χ2n) is 7.04. The van der Waals surface area contributed by atoms with Crippen LogP contribution in [0.15, 0.2) is 53.7 Å². The SMILES string of the molecule is COc1ccc(CNC(=O)CSc2nnc(C3CC3)n2-c2ccccc2)cc1OC. The van der Waals surface area contributed by atoms with Crippen molar-refractivity contribution in [2.45, 2.75) is 30.5 Å². The second kappa shape index (κ2) is 9.21. The number of methoxy groups -OCH3 is 2. The van der Waals surface area contributed by atoms with E-state index in [4.69, 9.17) is 9.47 Å². The largest absolute Gasteiger partial charge is 0.493 e. The first-order valence-corrected chi connectivity index (χ1v) is 10.8. The van der Waals surface area contributed by atoms with Crippen LogP contribution in [0.5, 0.6) is 11.5 Å². The molecule has 1 heterocycles. The Morgan fingerprint density at radius 1 is 1.10 bits per heavy atom. The van der Waals surface area contributed by atoms with Crippen molar-refractivity contribution in [2.75, 3.05) is 20.0 Å². The molecule has 1 aliphatic carbocycles. The fourth-order valence-corrected chi connectivity index (χ4v) is 3.96. The summed E-state index contributed by atoms with van der Waals surface area (Å²) in [5.41, 5.74) is 1.96. The van der Waals surface area contributed by atoms with Gasteiger partial charge >= 0.3 is 0 Å². The van der Waals surface area contributed by atoms with E-state index in [1.54, 1.807) is 14.2 Å². The zero-order valence-electron chi connectivity index (χ0n) is 17.0. The number of thioether (sulfide) groups is 1. The van der Waals surface area contributed by atoms with E-state index >= 15 is 0 Å². The number of carbonyl (C=O) groups is 1. The third-order valence-electron chi connectivity index (χ3n) is 4.89. The minimum atomic E-state index is -0.0645. The number of amides is 1. The Labute approximate surface area is 179 Å². The molecule has 30 heavy (non-hydrogen) atoms. The molecule has 8 heteroatoms. The Kier molecular flexibility index (Phi) is 6.23. The summed E-state index contributed by atoms with van der Waals surface area (Å²) in [5.74, 6) is 2.95. The first kappa shape index (κ1) is 20.3. The molecule has 1 amide bonds. The van der Waals surface area contributed by atoms with E-state index in [1.807, 2.05) is 48.5 Å². The Morgan fingerprint density at radius 3 is 2.57 bits per heavy atom. The molecule has 0 spiro atoms. The minimum Gasteiger partial charge on any atom is -0.493 e. The molecule has 1 aliphatic rings. The van der Waals surface area contributed by atoms with Crippen LogP contribution >= 0.6 is 11.8 Å². The number of nitrogens with zero attached hydrogens (tertiary/aromatic N) is 3. The molecule has 156 valence electrons. The fraction of sp³-hybridized carbons (Fsp3) is 0.318. The second-order valence-corrected chi connectivity index (χ2v) is 7.98. The Balaban J connectivity index is 1.39. The van der Waals surface area contributed by atoms with Crippen LogP contribution < -0.4 is 14.8 Å². The van der Waals surface area contributed by atoms with Gasteiger partial charge in [-0.3, -0.25) is 9.36 Å². The Bertz CT molecular complexity index is 1020. The number of ether oxygens (including phenoxy) is 2. The molecule has 3 aromatic rings. The van der Waals surface area contributed by atoms with Crippen molar-refractivity contribution in [3.05, 3.63) is 59.9 Å². The predicted octanol–water partition coefficient (Wildman–Crippen LogP) is 3.57. The van der Waals surface area contributed by atoms with Crippen molar-refractivity contribution in [3.8, 4) is 17.2 Å². The molecule has 0 unspecified atom stereocenters. The Morgan fingerprint density at radius 2 is 1.87 bits per heavy atom. The lowest BCUT2D eigenvalue weighted by molar-refractivity contribution is -0.118. The molecule has 7 nitrogen and oxygen atoms in total. The molecule has 0 radical (unpaired) electrons. The summed E-state index contributed by atoms with van der Waals surface area (Å²) in [6.45, 7) is 0.415. The number of aromatic nitrogens is 3. The van der Waals surface area contributed by atoms with Crippen molar-refractivity contribution >= 4 is 17.7 Å². The standard InChI is InChI=1S/C22H24N4O3S/c1-28-18-11-8-15(12-19(18)29-2)13-23-20(27)14-30-22-25-24-21(16-9-10-16)26(22)17-6-4-3-5-7-17/h3-8,11-12,16H,9-10,13-14H2,1-2H3,(H,23,27). The summed E-state index contributed by atoms with van der Waals surface area (Å²) in [6.07, 6.45) is 2.28. The zero-order valence-corrected chi connectivity index (χ0v) is 17.8. The fourth-order valence-electron chi connectivity index (χ4n) is 3.17. The molecule has 2 aromatic carbocycles. The van der Waals surface area contributed by atoms with Crippen LogP contribution in [-0.2, 0) is 11.3 Å². The molecular formula is C22H24N4O3S. The van der Waals surface area contributed by atoms with Crippen LogP contribution in [0.4, 0.5) is 0 Å². The van der Waals surface area contributed by atoms with Gasteiger partial charge < -0.3 is 14.8 Å². The quantitative estimate of drug-likeness (QED) is 0.529. The normalized spacial score (nSPS) is 13.1. The van der Waals surface area contributed by atoms with Crippen LogP contribution in [-0.4, -0.2) is 40.6 Å². The lowest BCUT2D eigenvalue weighted by Gasteiger charge is -2.11. The molecule has 1 fully saturated rings. The van der Waals surface area contributed by atoms with Gasteiger partial charge in [0.2, 0.25) is 5.91 Å². The highest BCUT2D eigenvalue weighted by Crippen LogP contribution is 2.41. The van der Waals surface area contributed by atoms with Gasteiger partial charge in [0.1, 0.15) is 5.82 Å². The average Bonchev–Trinajstić information content (AvgIpc) is 3.55. The number of carbonyl (C=O) groups excluding carboxylic acids is 1. The van der Waals surface area contributed by atoms with E-state index in [2.05, 4.69) is 20.1 Å². The van der Waals surface area contributed by atoms with E-state index in [9.17, 15) is 4.79 Å².